The largest absolute Gasteiger partial charge is 0.478 e. The fraction of sp³-hybridized carbons (Fsp3) is 0.0714. The maximum absolute atomic E-state index is 11.0. The number of rotatable bonds is 2. The van der Waals surface area contributed by atoms with Crippen LogP contribution in [0.1, 0.15) is 16.1 Å². The predicted octanol–water partition coefficient (Wildman–Crippen LogP) is 2.43. The number of aromatic nitrogens is 3. The summed E-state index contributed by atoms with van der Waals surface area (Å²) in [6.45, 7) is 1.74. The molecule has 5 heteroatoms. The topological polar surface area (TPSA) is 68.0 Å². The highest BCUT2D eigenvalue weighted by Gasteiger charge is 2.13. The van der Waals surface area contributed by atoms with Crippen LogP contribution in [0.25, 0.3) is 16.6 Å². The van der Waals surface area contributed by atoms with Crippen molar-refractivity contribution >= 4 is 16.9 Å². The summed E-state index contributed by atoms with van der Waals surface area (Å²) in [6.07, 6.45) is 3.11. The first-order chi connectivity index (χ1) is 9.16. The van der Waals surface area contributed by atoms with E-state index in [1.165, 1.54) is 6.20 Å². The normalized spacial score (nSPS) is 10.8. The van der Waals surface area contributed by atoms with Gasteiger partial charge in [0, 0.05) is 11.6 Å². The Morgan fingerprint density at radius 2 is 2.16 bits per heavy atom. The number of benzene rings is 1. The third-order valence-corrected chi connectivity index (χ3v) is 3.07. The lowest BCUT2D eigenvalue weighted by Crippen LogP contribution is -2.02. The van der Waals surface area contributed by atoms with E-state index in [9.17, 15) is 4.79 Å². The van der Waals surface area contributed by atoms with Gasteiger partial charge in [0.2, 0.25) is 0 Å². The molecule has 0 aliphatic heterocycles. The number of carboxylic acids is 1. The van der Waals surface area contributed by atoms with Crippen LogP contribution in [0.5, 0.6) is 0 Å². The smallest absolute Gasteiger partial charge is 0.339 e. The standard InChI is InChI=1S/C14H11N3O2/c1-9-12(14(18)19)8-16-17(9)11-4-5-13-10(7-11)3-2-6-15-13/h2-8H,1H3,(H,18,19). The average Bonchev–Trinajstić information content (AvgIpc) is 2.80. The van der Waals surface area contributed by atoms with E-state index in [4.69, 9.17) is 5.11 Å². The van der Waals surface area contributed by atoms with Gasteiger partial charge in [0.1, 0.15) is 5.56 Å². The fourth-order valence-corrected chi connectivity index (χ4v) is 2.07. The van der Waals surface area contributed by atoms with Gasteiger partial charge in [0.05, 0.1) is 23.1 Å². The van der Waals surface area contributed by atoms with Gasteiger partial charge in [-0.05, 0) is 31.2 Å². The Morgan fingerprint density at radius 1 is 1.32 bits per heavy atom. The van der Waals surface area contributed by atoms with E-state index in [0.717, 1.165) is 16.6 Å². The summed E-state index contributed by atoms with van der Waals surface area (Å²) in [4.78, 5) is 15.3. The molecule has 0 aliphatic rings. The second-order valence-corrected chi connectivity index (χ2v) is 4.24. The molecule has 0 saturated heterocycles. The molecule has 0 spiro atoms. The van der Waals surface area contributed by atoms with Gasteiger partial charge in [-0.1, -0.05) is 6.07 Å². The van der Waals surface area contributed by atoms with E-state index >= 15 is 0 Å². The summed E-state index contributed by atoms with van der Waals surface area (Å²) in [5, 5.41) is 14.2. The molecule has 0 bridgehead atoms. The Bertz CT molecular complexity index is 777. The van der Waals surface area contributed by atoms with Gasteiger partial charge in [-0.2, -0.15) is 5.10 Å². The van der Waals surface area contributed by atoms with E-state index < -0.39 is 5.97 Å². The van der Waals surface area contributed by atoms with Crippen LogP contribution in [0.2, 0.25) is 0 Å². The van der Waals surface area contributed by atoms with Crippen LogP contribution in [0.15, 0.2) is 42.7 Å². The Labute approximate surface area is 109 Å². The van der Waals surface area contributed by atoms with Gasteiger partial charge in [0.15, 0.2) is 0 Å². The molecule has 2 heterocycles. The van der Waals surface area contributed by atoms with E-state index in [0.29, 0.717) is 5.69 Å². The Morgan fingerprint density at radius 3 is 2.89 bits per heavy atom. The number of carbonyl (C=O) groups is 1. The number of carboxylic acid groups (broad SMARTS) is 1. The number of nitrogens with zero attached hydrogens (tertiary/aromatic N) is 3. The van der Waals surface area contributed by atoms with Crippen LogP contribution in [0, 0.1) is 6.92 Å². The van der Waals surface area contributed by atoms with Gasteiger partial charge in [-0.3, -0.25) is 4.98 Å². The Hall–Kier alpha value is -2.69. The summed E-state index contributed by atoms with van der Waals surface area (Å²) in [6, 6.07) is 9.54. The number of aromatic carboxylic acids is 1. The summed E-state index contributed by atoms with van der Waals surface area (Å²) < 4.78 is 1.62. The molecule has 94 valence electrons. The molecule has 0 unspecified atom stereocenters. The molecule has 1 N–H and O–H groups in total. The lowest BCUT2D eigenvalue weighted by atomic mass is 10.2. The quantitative estimate of drug-likeness (QED) is 0.761. The van der Waals surface area contributed by atoms with Crippen molar-refractivity contribution in [1.82, 2.24) is 14.8 Å². The van der Waals surface area contributed by atoms with E-state index in [-0.39, 0.29) is 5.56 Å². The van der Waals surface area contributed by atoms with Gasteiger partial charge >= 0.3 is 5.97 Å². The minimum absolute atomic E-state index is 0.214. The van der Waals surface area contributed by atoms with Gasteiger partial charge in [-0.25, -0.2) is 9.48 Å². The molecule has 19 heavy (non-hydrogen) atoms. The third-order valence-electron chi connectivity index (χ3n) is 3.07. The highest BCUT2D eigenvalue weighted by Crippen LogP contribution is 2.19. The maximum Gasteiger partial charge on any atom is 0.339 e. The van der Waals surface area contributed by atoms with Crippen molar-refractivity contribution in [2.45, 2.75) is 6.92 Å². The first-order valence-corrected chi connectivity index (χ1v) is 5.80. The lowest BCUT2D eigenvalue weighted by molar-refractivity contribution is 0.0696. The van der Waals surface area contributed by atoms with Crippen LogP contribution in [-0.2, 0) is 0 Å². The second kappa shape index (κ2) is 4.20. The predicted molar refractivity (Wildman–Crippen MR) is 70.6 cm³/mol. The van der Waals surface area contributed by atoms with Gasteiger partial charge in [0.25, 0.3) is 0 Å². The maximum atomic E-state index is 11.0. The molecular formula is C14H11N3O2. The SMILES string of the molecule is Cc1c(C(=O)O)cnn1-c1ccc2ncccc2c1. The first kappa shape index (κ1) is 11.4. The molecule has 3 aromatic rings. The molecule has 0 saturated carbocycles. The molecule has 1 aromatic carbocycles. The van der Waals surface area contributed by atoms with E-state index in [2.05, 4.69) is 10.1 Å². The summed E-state index contributed by atoms with van der Waals surface area (Å²) >= 11 is 0. The molecule has 3 rings (SSSR count). The minimum Gasteiger partial charge on any atom is -0.478 e. The van der Waals surface area contributed by atoms with Crippen molar-refractivity contribution in [3.05, 3.63) is 54.0 Å². The number of fused-ring (bicyclic) bond motifs is 1. The molecule has 0 fully saturated rings. The minimum atomic E-state index is -0.966. The van der Waals surface area contributed by atoms with Crippen molar-refractivity contribution in [2.75, 3.05) is 0 Å². The van der Waals surface area contributed by atoms with Crippen molar-refractivity contribution in [3.8, 4) is 5.69 Å². The summed E-state index contributed by atoms with van der Waals surface area (Å²) in [7, 11) is 0. The zero-order valence-electron chi connectivity index (χ0n) is 10.2. The fourth-order valence-electron chi connectivity index (χ4n) is 2.07. The van der Waals surface area contributed by atoms with Crippen molar-refractivity contribution in [2.24, 2.45) is 0 Å². The molecule has 0 atom stereocenters. The molecule has 5 nitrogen and oxygen atoms in total. The van der Waals surface area contributed by atoms with E-state index in [1.807, 2.05) is 30.3 Å². The van der Waals surface area contributed by atoms with Gasteiger partial charge < -0.3 is 5.11 Å². The average molecular weight is 253 g/mol. The molecule has 2 aromatic heterocycles. The Balaban J connectivity index is 2.16. The van der Waals surface area contributed by atoms with E-state index in [1.54, 1.807) is 17.8 Å². The molecule has 0 radical (unpaired) electrons. The van der Waals surface area contributed by atoms with Crippen LogP contribution in [0.4, 0.5) is 0 Å². The first-order valence-electron chi connectivity index (χ1n) is 5.80. The third kappa shape index (κ3) is 1.85. The van der Waals surface area contributed by atoms with Crippen LogP contribution >= 0.6 is 0 Å². The monoisotopic (exact) mass is 253 g/mol. The highest BCUT2D eigenvalue weighted by molar-refractivity contribution is 5.89. The lowest BCUT2D eigenvalue weighted by Gasteiger charge is -2.06. The zero-order chi connectivity index (χ0) is 13.4. The molecular weight excluding hydrogens is 242 g/mol. The summed E-state index contributed by atoms with van der Waals surface area (Å²) in [5.74, 6) is -0.966. The molecule has 0 amide bonds. The van der Waals surface area contributed by atoms with Crippen LogP contribution in [0.3, 0.4) is 0 Å². The highest BCUT2D eigenvalue weighted by atomic mass is 16.4. The van der Waals surface area contributed by atoms with Crippen molar-refractivity contribution in [3.63, 3.8) is 0 Å². The second-order valence-electron chi connectivity index (χ2n) is 4.24. The summed E-state index contributed by atoms with van der Waals surface area (Å²) in [5.41, 5.74) is 2.54. The van der Waals surface area contributed by atoms with Crippen LogP contribution < -0.4 is 0 Å². The number of pyridine rings is 1. The van der Waals surface area contributed by atoms with Gasteiger partial charge in [-0.15, -0.1) is 0 Å². The van der Waals surface area contributed by atoms with Crippen LogP contribution in [-0.4, -0.2) is 25.8 Å². The Kier molecular flexibility index (Phi) is 2.52. The number of hydrogen-bond donors (Lipinski definition) is 1. The molecule has 0 aliphatic carbocycles. The zero-order valence-corrected chi connectivity index (χ0v) is 10.2. The van der Waals surface area contributed by atoms with Crippen molar-refractivity contribution in [1.29, 1.82) is 0 Å². The number of hydrogen-bond acceptors (Lipinski definition) is 3. The van der Waals surface area contributed by atoms with Crippen molar-refractivity contribution < 1.29 is 9.90 Å².